The maximum Gasteiger partial charge on any atom is 0.160 e. The van der Waals surface area contributed by atoms with Gasteiger partial charge in [0, 0.05) is 31.4 Å². The van der Waals surface area contributed by atoms with E-state index in [-0.39, 0.29) is 6.61 Å². The molecule has 1 N–H and O–H groups in total. The number of hydrogen-bond acceptors (Lipinski definition) is 2. The van der Waals surface area contributed by atoms with Gasteiger partial charge in [0.1, 0.15) is 0 Å². The van der Waals surface area contributed by atoms with E-state index in [9.17, 15) is 8.78 Å². The topological polar surface area (TPSA) is 23.5 Å². The molecule has 0 radical (unpaired) electrons. The predicted octanol–water partition coefficient (Wildman–Crippen LogP) is 1.52. The van der Waals surface area contributed by atoms with Gasteiger partial charge in [-0.1, -0.05) is 0 Å². The SMILES string of the molecule is CN(C)c1cc(F)c(F)cc1CO. The molecule has 0 saturated carbocycles. The largest absolute Gasteiger partial charge is 0.392 e. The van der Waals surface area contributed by atoms with Gasteiger partial charge in [-0.3, -0.25) is 0 Å². The zero-order chi connectivity index (χ0) is 10.0. The molecule has 1 rings (SSSR count). The Hall–Kier alpha value is -1.16. The minimum Gasteiger partial charge on any atom is -0.392 e. The summed E-state index contributed by atoms with van der Waals surface area (Å²) >= 11 is 0. The zero-order valence-electron chi connectivity index (χ0n) is 7.51. The number of rotatable bonds is 2. The molecule has 0 atom stereocenters. The second-order valence-electron chi connectivity index (χ2n) is 2.95. The van der Waals surface area contributed by atoms with Crippen LogP contribution in [-0.4, -0.2) is 19.2 Å². The first-order chi connectivity index (χ1) is 6.06. The second-order valence-corrected chi connectivity index (χ2v) is 2.95. The number of aliphatic hydroxyl groups excluding tert-OH is 1. The van der Waals surface area contributed by atoms with E-state index in [0.29, 0.717) is 11.3 Å². The van der Waals surface area contributed by atoms with Crippen molar-refractivity contribution in [2.75, 3.05) is 19.0 Å². The molecule has 4 heteroatoms. The maximum atomic E-state index is 12.8. The van der Waals surface area contributed by atoms with Gasteiger partial charge in [-0.2, -0.15) is 0 Å². The summed E-state index contributed by atoms with van der Waals surface area (Å²) < 4.78 is 25.5. The lowest BCUT2D eigenvalue weighted by Gasteiger charge is -2.16. The van der Waals surface area contributed by atoms with Gasteiger partial charge in [-0.15, -0.1) is 0 Å². The van der Waals surface area contributed by atoms with Crippen LogP contribution in [0.3, 0.4) is 0 Å². The van der Waals surface area contributed by atoms with Gasteiger partial charge in [0.05, 0.1) is 6.61 Å². The molecule has 0 saturated heterocycles. The molecule has 0 heterocycles. The molecule has 0 fully saturated rings. The van der Waals surface area contributed by atoms with Crippen molar-refractivity contribution in [2.45, 2.75) is 6.61 Å². The Labute approximate surface area is 75.4 Å². The van der Waals surface area contributed by atoms with Crippen LogP contribution in [-0.2, 0) is 6.61 Å². The number of benzene rings is 1. The van der Waals surface area contributed by atoms with Gasteiger partial charge < -0.3 is 10.0 Å². The van der Waals surface area contributed by atoms with Gasteiger partial charge in [0.25, 0.3) is 0 Å². The lowest BCUT2D eigenvalue weighted by atomic mass is 10.1. The average molecular weight is 187 g/mol. The Morgan fingerprint density at radius 3 is 2.23 bits per heavy atom. The van der Waals surface area contributed by atoms with Crippen LogP contribution in [0.25, 0.3) is 0 Å². The number of nitrogens with zero attached hydrogens (tertiary/aromatic N) is 1. The fourth-order valence-electron chi connectivity index (χ4n) is 1.12. The molecule has 0 aromatic heterocycles. The van der Waals surface area contributed by atoms with E-state index in [2.05, 4.69) is 0 Å². The average Bonchev–Trinajstić information content (AvgIpc) is 2.08. The van der Waals surface area contributed by atoms with E-state index in [0.717, 1.165) is 12.1 Å². The monoisotopic (exact) mass is 187 g/mol. The van der Waals surface area contributed by atoms with Gasteiger partial charge >= 0.3 is 0 Å². The van der Waals surface area contributed by atoms with Crippen LogP contribution >= 0.6 is 0 Å². The van der Waals surface area contributed by atoms with Crippen LogP contribution in [0.1, 0.15) is 5.56 Å². The number of anilines is 1. The number of halogens is 2. The van der Waals surface area contributed by atoms with Crippen molar-refractivity contribution in [3.05, 3.63) is 29.3 Å². The molecule has 13 heavy (non-hydrogen) atoms. The van der Waals surface area contributed by atoms with Crippen LogP contribution in [0.5, 0.6) is 0 Å². The summed E-state index contributed by atoms with van der Waals surface area (Å²) in [6.45, 7) is -0.301. The van der Waals surface area contributed by atoms with Crippen LogP contribution in [0, 0.1) is 11.6 Å². The van der Waals surface area contributed by atoms with E-state index < -0.39 is 11.6 Å². The standard InChI is InChI=1S/C9H11F2NO/c1-12(2)9-4-8(11)7(10)3-6(9)5-13/h3-4,13H,5H2,1-2H3. The first kappa shape index (κ1) is 9.92. The van der Waals surface area contributed by atoms with E-state index in [1.165, 1.54) is 0 Å². The molecule has 2 nitrogen and oxygen atoms in total. The fraction of sp³-hybridized carbons (Fsp3) is 0.333. The lowest BCUT2D eigenvalue weighted by Crippen LogP contribution is -2.12. The third kappa shape index (κ3) is 1.95. The molecule has 0 aliphatic rings. The quantitative estimate of drug-likeness (QED) is 0.758. The molecule has 1 aromatic carbocycles. The Morgan fingerprint density at radius 2 is 1.77 bits per heavy atom. The highest BCUT2D eigenvalue weighted by Crippen LogP contribution is 2.22. The highest BCUT2D eigenvalue weighted by Gasteiger charge is 2.09. The molecule has 1 aromatic rings. The molecular weight excluding hydrogens is 176 g/mol. The van der Waals surface area contributed by atoms with E-state index in [1.807, 2.05) is 0 Å². The molecule has 0 amide bonds. The van der Waals surface area contributed by atoms with Gasteiger partial charge in [0.15, 0.2) is 11.6 Å². The highest BCUT2D eigenvalue weighted by molar-refractivity contribution is 5.52. The van der Waals surface area contributed by atoms with Crippen LogP contribution in [0.4, 0.5) is 14.5 Å². The lowest BCUT2D eigenvalue weighted by molar-refractivity contribution is 0.281. The van der Waals surface area contributed by atoms with Crippen molar-refractivity contribution < 1.29 is 13.9 Å². The first-order valence-electron chi connectivity index (χ1n) is 3.82. The Balaban J connectivity index is 3.25. The predicted molar refractivity (Wildman–Crippen MR) is 46.6 cm³/mol. The maximum absolute atomic E-state index is 12.8. The minimum atomic E-state index is -0.936. The molecular formula is C9H11F2NO. The highest BCUT2D eigenvalue weighted by atomic mass is 19.2. The van der Waals surface area contributed by atoms with E-state index in [4.69, 9.17) is 5.11 Å². The third-order valence-electron chi connectivity index (χ3n) is 1.77. The van der Waals surface area contributed by atoms with Crippen LogP contribution in [0.2, 0.25) is 0 Å². The first-order valence-corrected chi connectivity index (χ1v) is 3.82. The van der Waals surface area contributed by atoms with Crippen molar-refractivity contribution in [3.8, 4) is 0 Å². The zero-order valence-corrected chi connectivity index (χ0v) is 7.51. The number of aliphatic hydroxyl groups is 1. The fourth-order valence-corrected chi connectivity index (χ4v) is 1.12. The summed E-state index contributed by atoms with van der Waals surface area (Å²) in [7, 11) is 3.40. The van der Waals surface area contributed by atoms with Crippen LogP contribution in [0.15, 0.2) is 12.1 Å². The Kier molecular flexibility index (Phi) is 2.83. The van der Waals surface area contributed by atoms with E-state index in [1.54, 1.807) is 19.0 Å². The van der Waals surface area contributed by atoms with Gasteiger partial charge in [0.2, 0.25) is 0 Å². The van der Waals surface area contributed by atoms with Crippen molar-refractivity contribution in [1.29, 1.82) is 0 Å². The van der Waals surface area contributed by atoms with Crippen LogP contribution < -0.4 is 4.90 Å². The molecule has 0 aliphatic carbocycles. The van der Waals surface area contributed by atoms with Crippen molar-refractivity contribution >= 4 is 5.69 Å². The summed E-state index contributed by atoms with van der Waals surface area (Å²) in [5, 5.41) is 8.87. The Bertz CT molecular complexity index is 313. The minimum absolute atomic E-state index is 0.301. The van der Waals surface area contributed by atoms with Gasteiger partial charge in [-0.25, -0.2) is 8.78 Å². The summed E-state index contributed by atoms with van der Waals surface area (Å²) in [5.74, 6) is -1.84. The van der Waals surface area contributed by atoms with Crippen molar-refractivity contribution in [1.82, 2.24) is 0 Å². The Morgan fingerprint density at radius 1 is 1.23 bits per heavy atom. The molecule has 0 bridgehead atoms. The number of hydrogen-bond donors (Lipinski definition) is 1. The van der Waals surface area contributed by atoms with Crippen molar-refractivity contribution in [2.24, 2.45) is 0 Å². The second kappa shape index (κ2) is 3.70. The summed E-state index contributed by atoms with van der Waals surface area (Å²) in [6.07, 6.45) is 0. The molecule has 0 aliphatic heterocycles. The third-order valence-corrected chi connectivity index (χ3v) is 1.77. The molecule has 0 unspecified atom stereocenters. The molecule has 0 spiro atoms. The summed E-state index contributed by atoms with van der Waals surface area (Å²) in [4.78, 5) is 1.62. The van der Waals surface area contributed by atoms with E-state index >= 15 is 0 Å². The summed E-state index contributed by atoms with van der Waals surface area (Å²) in [6, 6.07) is 2.07. The smallest absolute Gasteiger partial charge is 0.160 e. The molecule has 72 valence electrons. The van der Waals surface area contributed by atoms with Gasteiger partial charge in [-0.05, 0) is 6.07 Å². The van der Waals surface area contributed by atoms with Crippen molar-refractivity contribution in [3.63, 3.8) is 0 Å². The normalized spacial score (nSPS) is 10.2. The summed E-state index contributed by atoms with van der Waals surface area (Å²) in [5.41, 5.74) is 0.866.